The monoisotopic (exact) mass is 330 g/mol. The van der Waals surface area contributed by atoms with E-state index in [0.717, 1.165) is 5.54 Å². The van der Waals surface area contributed by atoms with Crippen LogP contribution in [-0.4, -0.2) is 9.31 Å². The van der Waals surface area contributed by atoms with Crippen molar-refractivity contribution in [3.8, 4) is 0 Å². The van der Waals surface area contributed by atoms with E-state index in [9.17, 15) is 0 Å². The van der Waals surface area contributed by atoms with Gasteiger partial charge >= 0.3 is 45.3 Å². The van der Waals surface area contributed by atoms with Gasteiger partial charge in [0.25, 0.3) is 0 Å². The van der Waals surface area contributed by atoms with Gasteiger partial charge in [-0.25, -0.2) is 0 Å². The fourth-order valence-corrected chi connectivity index (χ4v) is 4.31. The summed E-state index contributed by atoms with van der Waals surface area (Å²) in [4.78, 5) is 0. The predicted molar refractivity (Wildman–Crippen MR) is 52.7 cm³/mol. The minimum absolute atomic E-state index is 0.694. The Hall–Kier alpha value is 1.61. The quantitative estimate of drug-likeness (QED) is 0.599. The predicted octanol–water partition coefficient (Wildman–Crippen LogP) is 3.24. The van der Waals surface area contributed by atoms with Crippen LogP contribution in [0, 0.1) is 44.1 Å². The van der Waals surface area contributed by atoms with Gasteiger partial charge in [-0.05, 0) is 5.54 Å². The molecular formula is C9H20SiYb. The van der Waals surface area contributed by atoms with Crippen molar-refractivity contribution in [2.45, 2.75) is 50.9 Å². The van der Waals surface area contributed by atoms with Crippen LogP contribution in [0.1, 0.15) is 26.2 Å². The molecular weight excluding hydrogens is 309 g/mol. The zero-order chi connectivity index (χ0) is 8.91. The molecule has 0 nitrogen and oxygen atoms in total. The summed E-state index contributed by atoms with van der Waals surface area (Å²) in [5, 5.41) is 0. The Bertz CT molecular complexity index is 112. The zero-order valence-electron chi connectivity index (χ0n) is 7.88. The van der Waals surface area contributed by atoms with E-state index in [4.69, 9.17) is 0 Å². The summed E-state index contributed by atoms with van der Waals surface area (Å²) in [6.45, 7) is 7.53. The summed E-state index contributed by atoms with van der Waals surface area (Å²) < 4.78 is 3.11. The van der Waals surface area contributed by atoms with Crippen LogP contribution in [-0.2, 0) is 0 Å². The Kier molecular flexibility index (Phi) is 7.01. The van der Waals surface area contributed by atoms with Gasteiger partial charge < -0.3 is 0 Å². The molecule has 1 aliphatic rings. The summed E-state index contributed by atoms with van der Waals surface area (Å²) in [6.07, 6.45) is 4.53. The fraction of sp³-hybridized carbons (Fsp3) is 0.889. The molecule has 1 aliphatic heterocycles. The van der Waals surface area contributed by atoms with E-state index >= 15 is 0 Å². The van der Waals surface area contributed by atoms with Crippen LogP contribution in [0.25, 0.3) is 0 Å². The summed E-state index contributed by atoms with van der Waals surface area (Å²) >= 11 is 2.44. The van der Waals surface area contributed by atoms with Gasteiger partial charge in [-0.1, -0.05) is 45.3 Å². The molecule has 74 valence electrons. The second-order valence-electron chi connectivity index (χ2n) is 4.14. The average molecular weight is 329 g/mol. The maximum absolute atomic E-state index is 3.11. The Morgan fingerprint density at radius 1 is 1.27 bits per heavy atom. The van der Waals surface area contributed by atoms with E-state index in [1.807, 2.05) is 0 Å². The molecule has 1 rings (SSSR count). The topological polar surface area (TPSA) is 0 Å². The molecule has 1 saturated heterocycles. The van der Waals surface area contributed by atoms with Crippen LogP contribution in [0.2, 0.25) is 24.7 Å². The van der Waals surface area contributed by atoms with E-state index in [0.29, 0.717) is 0 Å². The van der Waals surface area contributed by atoms with E-state index in [2.05, 4.69) is 65.4 Å². The first-order chi connectivity index (χ1) is 5.13. The molecule has 1 unspecified atom stereocenters. The molecule has 0 aromatic heterocycles. The van der Waals surface area contributed by atoms with Crippen LogP contribution in [0.4, 0.5) is 0 Å². The minimum atomic E-state index is -0.694. The van der Waals surface area contributed by atoms with E-state index in [1.165, 1.54) is 19.3 Å². The Labute approximate surface area is 103 Å². The molecule has 0 amide bonds. The van der Waals surface area contributed by atoms with Gasteiger partial charge in [0.2, 0.25) is 0 Å². The molecule has 1 fully saturated rings. The average Bonchev–Trinajstić information content (AvgIpc) is 2.00. The third-order valence-electron chi connectivity index (χ3n) is 3.04. The van der Waals surface area contributed by atoms with Crippen LogP contribution in [0.5, 0.6) is 0 Å². The van der Waals surface area contributed by atoms with Gasteiger partial charge in [0.05, 0.1) is 8.07 Å². The van der Waals surface area contributed by atoms with Gasteiger partial charge in [-0.15, -0.1) is 0 Å². The van der Waals surface area contributed by atoms with Crippen molar-refractivity contribution in [1.29, 1.82) is 0 Å². The fourth-order valence-electron chi connectivity index (χ4n) is 1.67. The molecule has 1 heterocycles. The van der Waals surface area contributed by atoms with Crippen LogP contribution < -0.4 is 0 Å². The van der Waals surface area contributed by atoms with Gasteiger partial charge in [0, 0.05) is 0 Å². The number of hydrogen-bond acceptors (Lipinski definition) is 0. The molecule has 0 bridgehead atoms. The van der Waals surface area contributed by atoms with Gasteiger partial charge in [-0.3, -0.25) is 0 Å². The molecule has 0 saturated carbocycles. The van der Waals surface area contributed by atoms with E-state index < -0.39 is 8.07 Å². The Morgan fingerprint density at radius 2 is 1.82 bits per heavy atom. The van der Waals surface area contributed by atoms with E-state index in [1.54, 1.807) is 6.04 Å². The summed E-state index contributed by atoms with van der Waals surface area (Å²) in [6, 6.07) is 1.58. The van der Waals surface area contributed by atoms with Crippen molar-refractivity contribution in [2.75, 3.05) is 0 Å². The first-order valence-electron chi connectivity index (χ1n) is 4.32. The first-order valence-corrected chi connectivity index (χ1v) is 8.81. The van der Waals surface area contributed by atoms with Crippen molar-refractivity contribution in [1.82, 2.24) is 0 Å². The Balaban J connectivity index is 0.000000461. The molecule has 0 aliphatic carbocycles. The van der Waals surface area contributed by atoms with Crippen molar-refractivity contribution in [3.63, 3.8) is 0 Å². The SMILES string of the molecule is CC1CCCC[Si]1(C)C.[CH2]=[Yb]. The molecule has 0 spiro atoms. The van der Waals surface area contributed by atoms with Crippen LogP contribution in [0.15, 0.2) is 0 Å². The zero-order valence-corrected chi connectivity index (χ0v) is 10.6. The molecule has 11 heavy (non-hydrogen) atoms. The van der Waals surface area contributed by atoms with Crippen molar-refractivity contribution < 1.29 is 44.1 Å². The summed E-state index contributed by atoms with van der Waals surface area (Å²) in [7, 11) is -0.694. The molecule has 0 aromatic carbocycles. The van der Waals surface area contributed by atoms with E-state index in [-0.39, 0.29) is 0 Å². The summed E-state index contributed by atoms with van der Waals surface area (Å²) in [5.41, 5.74) is 1.09. The maximum atomic E-state index is 3.11. The van der Waals surface area contributed by atoms with Crippen LogP contribution >= 0.6 is 0 Å². The third kappa shape index (κ3) is 4.40. The summed E-state index contributed by atoms with van der Waals surface area (Å²) in [5.74, 6) is 0. The van der Waals surface area contributed by atoms with Gasteiger partial charge in [0.15, 0.2) is 0 Å². The van der Waals surface area contributed by atoms with Crippen molar-refractivity contribution >= 4 is 9.31 Å². The van der Waals surface area contributed by atoms with Gasteiger partial charge in [0.1, 0.15) is 0 Å². The number of hydrogen-bond donors (Lipinski definition) is 0. The van der Waals surface area contributed by atoms with Crippen LogP contribution in [0.3, 0.4) is 0 Å². The molecule has 2 heteroatoms. The molecule has 1 atom stereocenters. The standard InChI is InChI=1S/C8H18Si.CH2.Yb/c1-8-6-4-5-7-9(8,2)3;;/h8H,4-7H2,1-3H3;1H2;. The van der Waals surface area contributed by atoms with Gasteiger partial charge in [-0.2, -0.15) is 0 Å². The normalized spacial score (nSPS) is 28.6. The molecule has 0 radical (unpaired) electrons. The molecule has 0 N–H and O–H groups in total. The van der Waals surface area contributed by atoms with Crippen molar-refractivity contribution in [3.05, 3.63) is 0 Å². The second-order valence-corrected chi connectivity index (χ2v) is 9.60. The molecule has 0 aromatic rings. The third-order valence-corrected chi connectivity index (χ3v) is 7.64. The second kappa shape index (κ2) is 6.12. The van der Waals surface area contributed by atoms with Crippen molar-refractivity contribution in [2.24, 2.45) is 0 Å². The Morgan fingerprint density at radius 3 is 2.09 bits per heavy atom. The first kappa shape index (κ1) is 12.6. The number of rotatable bonds is 0.